The number of fused-ring (bicyclic) bond motifs is 1. The third-order valence-corrected chi connectivity index (χ3v) is 4.64. The minimum atomic E-state index is -0.504. The molecule has 2 aromatic carbocycles. The largest absolute Gasteiger partial charge is 0.491 e. The second-order valence-corrected chi connectivity index (χ2v) is 6.36. The fraction of sp³-hybridized carbons (Fsp3) is 0.286. The van der Waals surface area contributed by atoms with E-state index in [0.717, 1.165) is 46.1 Å². The number of para-hydroxylation sites is 1. The van der Waals surface area contributed by atoms with Gasteiger partial charge in [0.25, 0.3) is 0 Å². The number of aromatic nitrogens is 1. The number of hydrogen-bond donors (Lipinski definition) is 1. The summed E-state index contributed by atoms with van der Waals surface area (Å²) in [5.41, 5.74) is 4.94. The first-order chi connectivity index (χ1) is 12.3. The molecule has 1 fully saturated rings. The first-order valence-corrected chi connectivity index (χ1v) is 8.63. The van der Waals surface area contributed by atoms with Crippen molar-refractivity contribution < 1.29 is 14.2 Å². The van der Waals surface area contributed by atoms with Gasteiger partial charge in [0.2, 0.25) is 0 Å². The number of rotatable bonds is 6. The molecular weight excluding hydrogens is 317 g/mol. The minimum absolute atomic E-state index is 0.0287. The van der Waals surface area contributed by atoms with E-state index in [1.165, 1.54) is 0 Å². The average Bonchev–Trinajstić information content (AvgIpc) is 3.50. The molecule has 1 heterocycles. The van der Waals surface area contributed by atoms with E-state index in [1.54, 1.807) is 0 Å². The van der Waals surface area contributed by atoms with Gasteiger partial charge in [-0.2, -0.15) is 0 Å². The van der Waals surface area contributed by atoms with Crippen molar-refractivity contribution in [1.29, 1.82) is 0 Å². The Hall–Kier alpha value is -2.46. The summed E-state index contributed by atoms with van der Waals surface area (Å²) in [4.78, 5) is 4.83. The molecule has 128 valence electrons. The fourth-order valence-corrected chi connectivity index (χ4v) is 3.33. The van der Waals surface area contributed by atoms with Gasteiger partial charge in [0.1, 0.15) is 19.0 Å². The van der Waals surface area contributed by atoms with E-state index in [1.807, 2.05) is 48.5 Å². The Morgan fingerprint density at radius 1 is 1.08 bits per heavy atom. The van der Waals surface area contributed by atoms with Crippen LogP contribution in [0.4, 0.5) is 4.39 Å². The van der Waals surface area contributed by atoms with E-state index >= 15 is 0 Å². The van der Waals surface area contributed by atoms with Gasteiger partial charge in [-0.15, -0.1) is 0 Å². The number of aliphatic hydroxyl groups excluding tert-OH is 1. The molecule has 1 aromatic heterocycles. The van der Waals surface area contributed by atoms with Crippen LogP contribution in [0.5, 0.6) is 5.75 Å². The predicted molar refractivity (Wildman–Crippen MR) is 96.5 cm³/mol. The molecule has 0 radical (unpaired) electrons. The molecule has 3 aromatic rings. The number of alkyl halides is 1. The highest BCUT2D eigenvalue weighted by atomic mass is 19.1. The molecule has 25 heavy (non-hydrogen) atoms. The normalized spacial score (nSPS) is 14.0. The van der Waals surface area contributed by atoms with Crippen LogP contribution in [0.1, 0.15) is 30.0 Å². The van der Waals surface area contributed by atoms with Gasteiger partial charge < -0.3 is 9.84 Å². The molecule has 0 atom stereocenters. The summed E-state index contributed by atoms with van der Waals surface area (Å²) in [6, 6.07) is 15.7. The first kappa shape index (κ1) is 16.0. The predicted octanol–water partition coefficient (Wildman–Crippen LogP) is 4.62. The molecule has 0 unspecified atom stereocenters. The number of benzene rings is 2. The molecule has 1 saturated carbocycles. The zero-order valence-electron chi connectivity index (χ0n) is 13.9. The second-order valence-electron chi connectivity index (χ2n) is 6.36. The Balaban J connectivity index is 1.87. The van der Waals surface area contributed by atoms with Crippen molar-refractivity contribution >= 4 is 10.9 Å². The van der Waals surface area contributed by atoms with E-state index in [4.69, 9.17) is 9.72 Å². The van der Waals surface area contributed by atoms with E-state index in [2.05, 4.69) is 0 Å². The minimum Gasteiger partial charge on any atom is -0.491 e. The highest BCUT2D eigenvalue weighted by Crippen LogP contribution is 2.44. The monoisotopic (exact) mass is 337 g/mol. The standard InChI is InChI=1S/C21H20FNO2/c22-11-12-25-16-9-7-14(8-10-16)20-17-3-1-2-4-19(17)23-21(15-5-6-15)18(20)13-24/h1-4,7-10,15,24H,5-6,11-13H2. The van der Waals surface area contributed by atoms with Crippen LogP contribution in [0, 0.1) is 0 Å². The third-order valence-electron chi connectivity index (χ3n) is 4.64. The molecule has 0 saturated heterocycles. The Bertz CT molecular complexity index is 888. The summed E-state index contributed by atoms with van der Waals surface area (Å²) >= 11 is 0. The molecule has 1 aliphatic rings. The first-order valence-electron chi connectivity index (χ1n) is 8.63. The van der Waals surface area contributed by atoms with Crippen molar-refractivity contribution in [3.05, 3.63) is 59.8 Å². The van der Waals surface area contributed by atoms with Crippen molar-refractivity contribution in [2.75, 3.05) is 13.3 Å². The molecule has 1 aliphatic carbocycles. The molecular formula is C21H20FNO2. The highest BCUT2D eigenvalue weighted by Gasteiger charge is 2.29. The van der Waals surface area contributed by atoms with Crippen molar-refractivity contribution in [2.24, 2.45) is 0 Å². The molecule has 4 heteroatoms. The Labute approximate surface area is 146 Å². The second kappa shape index (κ2) is 6.81. The summed E-state index contributed by atoms with van der Waals surface area (Å²) < 4.78 is 17.6. The Morgan fingerprint density at radius 3 is 2.52 bits per heavy atom. The summed E-state index contributed by atoms with van der Waals surface area (Å²) in [6.45, 7) is -0.472. The lowest BCUT2D eigenvalue weighted by Gasteiger charge is -2.16. The van der Waals surface area contributed by atoms with Gasteiger partial charge in [-0.1, -0.05) is 30.3 Å². The SMILES string of the molecule is OCc1c(C2CC2)nc2ccccc2c1-c1ccc(OCCF)cc1. The smallest absolute Gasteiger partial charge is 0.123 e. The number of nitrogens with zero attached hydrogens (tertiary/aromatic N) is 1. The van der Waals surface area contributed by atoms with E-state index in [9.17, 15) is 9.50 Å². The highest BCUT2D eigenvalue weighted by molar-refractivity contribution is 5.96. The average molecular weight is 337 g/mol. The number of halogens is 1. The van der Waals surface area contributed by atoms with Crippen LogP contribution in [0.15, 0.2) is 48.5 Å². The molecule has 3 nitrogen and oxygen atoms in total. The molecule has 1 N–H and O–H groups in total. The number of pyridine rings is 1. The van der Waals surface area contributed by atoms with Gasteiger partial charge in [-0.25, -0.2) is 4.39 Å². The quantitative estimate of drug-likeness (QED) is 0.714. The van der Waals surface area contributed by atoms with Crippen molar-refractivity contribution in [1.82, 2.24) is 4.98 Å². The Morgan fingerprint density at radius 2 is 1.84 bits per heavy atom. The molecule has 0 amide bonds. The van der Waals surface area contributed by atoms with Gasteiger partial charge in [-0.05, 0) is 42.2 Å². The molecule has 0 bridgehead atoms. The number of hydrogen-bond acceptors (Lipinski definition) is 3. The zero-order valence-corrected chi connectivity index (χ0v) is 13.9. The van der Waals surface area contributed by atoms with Crippen LogP contribution < -0.4 is 4.74 Å². The van der Waals surface area contributed by atoms with Crippen LogP contribution in [0.3, 0.4) is 0 Å². The maximum atomic E-state index is 12.3. The van der Waals surface area contributed by atoms with Gasteiger partial charge >= 0.3 is 0 Å². The van der Waals surface area contributed by atoms with Gasteiger partial charge in [-0.3, -0.25) is 4.98 Å². The maximum Gasteiger partial charge on any atom is 0.123 e. The van der Waals surface area contributed by atoms with E-state index in [0.29, 0.717) is 11.7 Å². The van der Waals surface area contributed by atoms with Crippen LogP contribution >= 0.6 is 0 Å². The lowest BCUT2D eigenvalue weighted by atomic mass is 9.93. The lowest BCUT2D eigenvalue weighted by molar-refractivity contribution is 0.273. The third kappa shape index (κ3) is 3.10. The van der Waals surface area contributed by atoms with Gasteiger partial charge in [0.05, 0.1) is 17.8 Å². The van der Waals surface area contributed by atoms with Crippen molar-refractivity contribution in [3.63, 3.8) is 0 Å². The summed E-state index contributed by atoms with van der Waals surface area (Å²) in [6.07, 6.45) is 2.27. The number of aliphatic hydroxyl groups is 1. The zero-order chi connectivity index (χ0) is 17.2. The van der Waals surface area contributed by atoms with Gasteiger partial charge in [0, 0.05) is 16.9 Å². The van der Waals surface area contributed by atoms with E-state index in [-0.39, 0.29) is 13.2 Å². The van der Waals surface area contributed by atoms with Crippen LogP contribution in [-0.2, 0) is 6.61 Å². The topological polar surface area (TPSA) is 42.4 Å². The molecule has 0 spiro atoms. The molecule has 0 aliphatic heterocycles. The van der Waals surface area contributed by atoms with E-state index < -0.39 is 6.67 Å². The summed E-state index contributed by atoms with van der Waals surface area (Å²) in [5.74, 6) is 1.10. The maximum absolute atomic E-state index is 12.3. The lowest BCUT2D eigenvalue weighted by Crippen LogP contribution is -2.02. The Kier molecular flexibility index (Phi) is 4.36. The van der Waals surface area contributed by atoms with Crippen LogP contribution in [-0.4, -0.2) is 23.4 Å². The van der Waals surface area contributed by atoms with Crippen LogP contribution in [0.25, 0.3) is 22.0 Å². The fourth-order valence-electron chi connectivity index (χ4n) is 3.33. The van der Waals surface area contributed by atoms with Gasteiger partial charge in [0.15, 0.2) is 0 Å². The number of ether oxygens (including phenoxy) is 1. The summed E-state index contributed by atoms with van der Waals surface area (Å²) in [5, 5.41) is 11.1. The van der Waals surface area contributed by atoms with Crippen LogP contribution in [0.2, 0.25) is 0 Å². The van der Waals surface area contributed by atoms with Crippen molar-refractivity contribution in [3.8, 4) is 16.9 Å². The van der Waals surface area contributed by atoms with Crippen molar-refractivity contribution in [2.45, 2.75) is 25.4 Å². The molecule has 4 rings (SSSR count). The summed E-state index contributed by atoms with van der Waals surface area (Å²) in [7, 11) is 0.